The van der Waals surface area contributed by atoms with Gasteiger partial charge in [0.05, 0.1) is 31.0 Å². The summed E-state index contributed by atoms with van der Waals surface area (Å²) >= 11 is 0. The van der Waals surface area contributed by atoms with Crippen molar-refractivity contribution in [1.29, 1.82) is 5.26 Å². The van der Waals surface area contributed by atoms with Crippen LogP contribution in [0.3, 0.4) is 0 Å². The van der Waals surface area contributed by atoms with E-state index in [4.69, 9.17) is 19.5 Å². The Balaban J connectivity index is 1.57. The van der Waals surface area contributed by atoms with Crippen LogP contribution in [0.4, 0.5) is 0 Å². The van der Waals surface area contributed by atoms with E-state index in [-0.39, 0.29) is 0 Å². The number of nitrogens with zero attached hydrogens (tertiary/aromatic N) is 1. The molecule has 19 heavy (non-hydrogen) atoms. The molecule has 0 bridgehead atoms. The van der Waals surface area contributed by atoms with E-state index < -0.39 is 0 Å². The first kappa shape index (κ1) is 13.9. The quantitative estimate of drug-likeness (QED) is 0.738. The van der Waals surface area contributed by atoms with Gasteiger partial charge in [0, 0.05) is 19.6 Å². The number of nitriles is 1. The number of hydrogen-bond donors (Lipinski definition) is 0. The van der Waals surface area contributed by atoms with Gasteiger partial charge < -0.3 is 14.2 Å². The maximum absolute atomic E-state index is 8.68. The largest absolute Gasteiger partial charge is 0.494 e. The molecule has 1 saturated heterocycles. The molecule has 0 aliphatic carbocycles. The van der Waals surface area contributed by atoms with E-state index in [9.17, 15) is 0 Å². The van der Waals surface area contributed by atoms with Gasteiger partial charge in [-0.2, -0.15) is 5.26 Å². The molecule has 4 nitrogen and oxygen atoms in total. The van der Waals surface area contributed by atoms with Crippen LogP contribution >= 0.6 is 0 Å². The molecule has 1 aliphatic rings. The van der Waals surface area contributed by atoms with Gasteiger partial charge in [-0.1, -0.05) is 0 Å². The molecule has 0 saturated carbocycles. The molecule has 0 spiro atoms. The lowest BCUT2D eigenvalue weighted by atomic mass is 10.1. The van der Waals surface area contributed by atoms with Crippen molar-refractivity contribution in [2.75, 3.05) is 26.4 Å². The van der Waals surface area contributed by atoms with Gasteiger partial charge in [-0.15, -0.1) is 0 Å². The van der Waals surface area contributed by atoms with Crippen molar-refractivity contribution in [3.05, 3.63) is 29.8 Å². The minimum atomic E-state index is 0.351. The summed E-state index contributed by atoms with van der Waals surface area (Å²) in [6.45, 7) is 2.98. The summed E-state index contributed by atoms with van der Waals surface area (Å²) in [6, 6.07) is 9.23. The molecule has 0 amide bonds. The predicted molar refractivity (Wildman–Crippen MR) is 71.1 cm³/mol. The van der Waals surface area contributed by atoms with E-state index >= 15 is 0 Å². The monoisotopic (exact) mass is 261 g/mol. The molecule has 0 N–H and O–H groups in total. The fraction of sp³-hybridized carbons (Fsp3) is 0.533. The Morgan fingerprint density at radius 3 is 2.58 bits per heavy atom. The maximum atomic E-state index is 8.68. The highest BCUT2D eigenvalue weighted by Crippen LogP contribution is 2.13. The summed E-state index contributed by atoms with van der Waals surface area (Å²) in [7, 11) is 0. The SMILES string of the molecule is N#Cc1ccc(OCCCOC2CCOCC2)cc1. The van der Waals surface area contributed by atoms with Crippen molar-refractivity contribution < 1.29 is 14.2 Å². The molecular weight excluding hydrogens is 242 g/mol. The van der Waals surface area contributed by atoms with Gasteiger partial charge in [-0.05, 0) is 37.1 Å². The first-order valence-corrected chi connectivity index (χ1v) is 6.71. The molecule has 1 aromatic carbocycles. The lowest BCUT2D eigenvalue weighted by Crippen LogP contribution is -2.24. The third-order valence-electron chi connectivity index (χ3n) is 3.06. The Labute approximate surface area is 113 Å². The van der Waals surface area contributed by atoms with Gasteiger partial charge in [0.25, 0.3) is 0 Å². The zero-order valence-electron chi connectivity index (χ0n) is 11.0. The predicted octanol–water partition coefficient (Wildman–Crippen LogP) is 2.52. The average Bonchev–Trinajstić information content (AvgIpc) is 2.49. The molecule has 1 aliphatic heterocycles. The fourth-order valence-electron chi connectivity index (χ4n) is 1.97. The van der Waals surface area contributed by atoms with E-state index in [1.807, 2.05) is 12.1 Å². The highest BCUT2D eigenvalue weighted by molar-refractivity contribution is 5.34. The third-order valence-corrected chi connectivity index (χ3v) is 3.06. The molecule has 0 unspecified atom stereocenters. The van der Waals surface area contributed by atoms with E-state index in [0.29, 0.717) is 18.3 Å². The summed E-state index contributed by atoms with van der Waals surface area (Å²) in [6.07, 6.45) is 3.22. The molecule has 0 radical (unpaired) electrons. The highest BCUT2D eigenvalue weighted by atomic mass is 16.5. The summed E-state index contributed by atoms with van der Waals surface area (Å²) in [5, 5.41) is 8.68. The van der Waals surface area contributed by atoms with Gasteiger partial charge in [-0.3, -0.25) is 0 Å². The van der Waals surface area contributed by atoms with Crippen LogP contribution in [0, 0.1) is 11.3 Å². The van der Waals surface area contributed by atoms with Crippen molar-refractivity contribution in [2.45, 2.75) is 25.4 Å². The lowest BCUT2D eigenvalue weighted by molar-refractivity contribution is -0.0341. The molecule has 1 fully saturated rings. The van der Waals surface area contributed by atoms with Crippen molar-refractivity contribution in [1.82, 2.24) is 0 Å². The van der Waals surface area contributed by atoms with Crippen LogP contribution in [0.15, 0.2) is 24.3 Å². The van der Waals surface area contributed by atoms with E-state index in [1.165, 1.54) is 0 Å². The van der Waals surface area contributed by atoms with Crippen molar-refractivity contribution in [3.8, 4) is 11.8 Å². The van der Waals surface area contributed by atoms with E-state index in [1.54, 1.807) is 12.1 Å². The Morgan fingerprint density at radius 1 is 1.16 bits per heavy atom. The maximum Gasteiger partial charge on any atom is 0.119 e. The van der Waals surface area contributed by atoms with E-state index in [0.717, 1.165) is 44.8 Å². The summed E-state index contributed by atoms with van der Waals surface area (Å²) in [5.74, 6) is 0.796. The van der Waals surface area contributed by atoms with Crippen LogP contribution in [-0.2, 0) is 9.47 Å². The number of hydrogen-bond acceptors (Lipinski definition) is 4. The Morgan fingerprint density at radius 2 is 1.89 bits per heavy atom. The molecule has 1 heterocycles. The summed E-state index contributed by atoms with van der Waals surface area (Å²) < 4.78 is 16.6. The van der Waals surface area contributed by atoms with Gasteiger partial charge >= 0.3 is 0 Å². The van der Waals surface area contributed by atoms with Crippen LogP contribution in [0.2, 0.25) is 0 Å². The van der Waals surface area contributed by atoms with Gasteiger partial charge in [0.15, 0.2) is 0 Å². The topological polar surface area (TPSA) is 51.5 Å². The number of rotatable bonds is 6. The first-order valence-electron chi connectivity index (χ1n) is 6.71. The molecule has 102 valence electrons. The van der Waals surface area contributed by atoms with Gasteiger partial charge in [-0.25, -0.2) is 0 Å². The normalized spacial score (nSPS) is 15.9. The summed E-state index contributed by atoms with van der Waals surface area (Å²) in [4.78, 5) is 0. The minimum absolute atomic E-state index is 0.351. The van der Waals surface area contributed by atoms with Crippen molar-refractivity contribution in [3.63, 3.8) is 0 Å². The molecule has 0 aromatic heterocycles. The third kappa shape index (κ3) is 4.90. The van der Waals surface area contributed by atoms with Crippen LogP contribution < -0.4 is 4.74 Å². The second-order valence-electron chi connectivity index (χ2n) is 4.52. The number of ether oxygens (including phenoxy) is 3. The molecule has 0 atom stereocenters. The van der Waals surface area contributed by atoms with E-state index in [2.05, 4.69) is 6.07 Å². The van der Waals surface area contributed by atoms with Crippen LogP contribution in [0.5, 0.6) is 5.75 Å². The first-order chi connectivity index (χ1) is 9.38. The van der Waals surface area contributed by atoms with Gasteiger partial charge in [0.2, 0.25) is 0 Å². The zero-order chi connectivity index (χ0) is 13.3. The fourth-order valence-corrected chi connectivity index (χ4v) is 1.97. The number of benzene rings is 1. The minimum Gasteiger partial charge on any atom is -0.494 e. The van der Waals surface area contributed by atoms with Crippen LogP contribution in [0.1, 0.15) is 24.8 Å². The lowest BCUT2D eigenvalue weighted by Gasteiger charge is -2.22. The molecule has 2 rings (SSSR count). The van der Waals surface area contributed by atoms with Crippen LogP contribution in [0.25, 0.3) is 0 Å². The zero-order valence-corrected chi connectivity index (χ0v) is 11.0. The Hall–Kier alpha value is -1.57. The second-order valence-corrected chi connectivity index (χ2v) is 4.52. The van der Waals surface area contributed by atoms with Crippen molar-refractivity contribution >= 4 is 0 Å². The van der Waals surface area contributed by atoms with Crippen molar-refractivity contribution in [2.24, 2.45) is 0 Å². The summed E-state index contributed by atoms with van der Waals surface area (Å²) in [5.41, 5.74) is 0.648. The Bertz CT molecular complexity index is 404. The molecule has 1 aromatic rings. The Kier molecular flexibility index (Phi) is 5.67. The average molecular weight is 261 g/mol. The smallest absolute Gasteiger partial charge is 0.119 e. The second kappa shape index (κ2) is 7.78. The van der Waals surface area contributed by atoms with Crippen LogP contribution in [-0.4, -0.2) is 32.5 Å². The standard InChI is InChI=1S/C15H19NO3/c16-12-13-2-4-14(5-3-13)18-8-1-9-19-15-6-10-17-11-7-15/h2-5,15H,1,6-11H2. The molecular formula is C15H19NO3. The van der Waals surface area contributed by atoms with Gasteiger partial charge in [0.1, 0.15) is 5.75 Å². The molecule has 4 heteroatoms. The highest BCUT2D eigenvalue weighted by Gasteiger charge is 2.13.